The number of amides is 1. The molecule has 0 spiro atoms. The van der Waals surface area contributed by atoms with Crippen molar-refractivity contribution < 1.29 is 14.6 Å². The van der Waals surface area contributed by atoms with Crippen LogP contribution >= 0.6 is 15.9 Å². The highest BCUT2D eigenvalue weighted by molar-refractivity contribution is 9.10. The number of benzene rings is 1. The number of ether oxygens (including phenoxy) is 1. The summed E-state index contributed by atoms with van der Waals surface area (Å²) >= 11 is 3.33. The highest BCUT2D eigenvalue weighted by Gasteiger charge is 2.17. The molecule has 0 aliphatic carbocycles. The number of carbonyl (C=O) groups is 1. The molecule has 0 saturated heterocycles. The van der Waals surface area contributed by atoms with Crippen LogP contribution in [0.5, 0.6) is 5.75 Å². The van der Waals surface area contributed by atoms with Gasteiger partial charge in [-0.1, -0.05) is 15.9 Å². The van der Waals surface area contributed by atoms with Gasteiger partial charge in [0.15, 0.2) is 0 Å². The van der Waals surface area contributed by atoms with Crippen LogP contribution in [0.2, 0.25) is 0 Å². The number of rotatable bonds is 3. The molecule has 0 heterocycles. The Morgan fingerprint density at radius 3 is 2.62 bits per heavy atom. The molecule has 1 atom stereocenters. The minimum Gasteiger partial charge on any atom is -0.495 e. The van der Waals surface area contributed by atoms with E-state index in [2.05, 4.69) is 21.2 Å². The van der Waals surface area contributed by atoms with Crippen molar-refractivity contribution in [3.63, 3.8) is 0 Å². The Bertz CT molecular complexity index is 404. The summed E-state index contributed by atoms with van der Waals surface area (Å²) in [5.74, 6) is 0.313. The van der Waals surface area contributed by atoms with E-state index in [1.807, 2.05) is 0 Å². The van der Waals surface area contributed by atoms with Crippen molar-refractivity contribution in [3.05, 3.63) is 22.2 Å². The lowest BCUT2D eigenvalue weighted by atomic mass is 10.1. The monoisotopic (exact) mass is 287 g/mol. The minimum atomic E-state index is -0.702. The zero-order valence-corrected chi connectivity index (χ0v) is 11.0. The third-order valence-electron chi connectivity index (χ3n) is 2.09. The maximum Gasteiger partial charge on any atom is 0.221 e. The van der Waals surface area contributed by atoms with E-state index in [1.165, 1.54) is 14.0 Å². The molecule has 1 aromatic rings. The number of aliphatic hydroxyl groups excluding tert-OH is 1. The molecule has 0 bridgehead atoms. The molecule has 4 nitrogen and oxygen atoms in total. The molecule has 0 aromatic heterocycles. The van der Waals surface area contributed by atoms with Crippen molar-refractivity contribution in [2.75, 3.05) is 12.4 Å². The number of nitrogens with one attached hydrogen (secondary N) is 1. The predicted molar refractivity (Wildman–Crippen MR) is 65.6 cm³/mol. The van der Waals surface area contributed by atoms with E-state index < -0.39 is 6.10 Å². The molecule has 16 heavy (non-hydrogen) atoms. The molecule has 0 aliphatic rings. The summed E-state index contributed by atoms with van der Waals surface area (Å²) in [5, 5.41) is 12.3. The van der Waals surface area contributed by atoms with Gasteiger partial charge in [0.2, 0.25) is 5.91 Å². The minimum absolute atomic E-state index is 0.210. The van der Waals surface area contributed by atoms with E-state index in [9.17, 15) is 9.90 Å². The maximum absolute atomic E-state index is 11.1. The smallest absolute Gasteiger partial charge is 0.221 e. The zero-order valence-electron chi connectivity index (χ0n) is 9.37. The lowest BCUT2D eigenvalue weighted by molar-refractivity contribution is -0.114. The number of methoxy groups -OCH3 is 1. The maximum atomic E-state index is 11.1. The number of halogens is 1. The van der Waals surface area contributed by atoms with Crippen LogP contribution in [0.3, 0.4) is 0 Å². The molecule has 5 heteroatoms. The standard InChI is InChI=1S/C11H14BrNO3/c1-6(14)10-8(12)4-5-9(16-3)11(10)13-7(2)15/h4-6,14H,1-3H3,(H,13,15). The second kappa shape index (κ2) is 5.32. The van der Waals surface area contributed by atoms with Crippen LogP contribution in [-0.2, 0) is 4.79 Å². The summed E-state index contributed by atoms with van der Waals surface area (Å²) in [6.07, 6.45) is -0.702. The van der Waals surface area contributed by atoms with Gasteiger partial charge in [0.05, 0.1) is 18.9 Å². The first kappa shape index (κ1) is 13.0. The van der Waals surface area contributed by atoms with Crippen LogP contribution < -0.4 is 10.1 Å². The Hall–Kier alpha value is -1.07. The molecule has 1 aromatic carbocycles. The molecule has 1 unspecified atom stereocenters. The van der Waals surface area contributed by atoms with Crippen molar-refractivity contribution in [3.8, 4) is 5.75 Å². The van der Waals surface area contributed by atoms with Gasteiger partial charge in [-0.2, -0.15) is 0 Å². The number of hydrogen-bond donors (Lipinski definition) is 2. The zero-order chi connectivity index (χ0) is 12.3. The summed E-state index contributed by atoms with van der Waals surface area (Å²) in [4.78, 5) is 11.1. The first-order valence-electron chi connectivity index (χ1n) is 4.79. The Morgan fingerprint density at radius 2 is 2.19 bits per heavy atom. The molecule has 0 radical (unpaired) electrons. The molecule has 0 fully saturated rings. The largest absolute Gasteiger partial charge is 0.495 e. The number of aliphatic hydroxyl groups is 1. The third kappa shape index (κ3) is 2.74. The van der Waals surface area contributed by atoms with Gasteiger partial charge in [-0.15, -0.1) is 0 Å². The number of hydrogen-bond acceptors (Lipinski definition) is 3. The predicted octanol–water partition coefficient (Wildman–Crippen LogP) is 2.47. The van der Waals surface area contributed by atoms with Gasteiger partial charge in [0.1, 0.15) is 5.75 Å². The van der Waals surface area contributed by atoms with Crippen LogP contribution in [0.1, 0.15) is 25.5 Å². The van der Waals surface area contributed by atoms with E-state index in [0.29, 0.717) is 17.0 Å². The molecular formula is C11H14BrNO3. The van der Waals surface area contributed by atoms with Gasteiger partial charge in [-0.3, -0.25) is 4.79 Å². The average molecular weight is 288 g/mol. The number of carbonyl (C=O) groups excluding carboxylic acids is 1. The lowest BCUT2D eigenvalue weighted by Gasteiger charge is -2.17. The van der Waals surface area contributed by atoms with Crippen LogP contribution in [0.25, 0.3) is 0 Å². The second-order valence-electron chi connectivity index (χ2n) is 3.40. The van der Waals surface area contributed by atoms with E-state index in [1.54, 1.807) is 19.1 Å². The normalized spacial score (nSPS) is 12.1. The SMILES string of the molecule is COc1ccc(Br)c(C(C)O)c1NC(C)=O. The molecule has 0 saturated carbocycles. The lowest BCUT2D eigenvalue weighted by Crippen LogP contribution is -2.11. The van der Waals surface area contributed by atoms with Gasteiger partial charge in [-0.05, 0) is 19.1 Å². The summed E-state index contributed by atoms with van der Waals surface area (Å²) in [6, 6.07) is 3.49. The molecule has 2 N–H and O–H groups in total. The molecule has 1 amide bonds. The van der Waals surface area contributed by atoms with Crippen molar-refractivity contribution in [1.29, 1.82) is 0 Å². The summed E-state index contributed by atoms with van der Waals surface area (Å²) in [6.45, 7) is 3.04. The third-order valence-corrected chi connectivity index (χ3v) is 2.78. The van der Waals surface area contributed by atoms with E-state index >= 15 is 0 Å². The average Bonchev–Trinajstić information content (AvgIpc) is 2.16. The van der Waals surface area contributed by atoms with Crippen LogP contribution in [0.4, 0.5) is 5.69 Å². The highest BCUT2D eigenvalue weighted by atomic mass is 79.9. The van der Waals surface area contributed by atoms with Crippen molar-refractivity contribution in [2.24, 2.45) is 0 Å². The van der Waals surface area contributed by atoms with E-state index in [-0.39, 0.29) is 5.91 Å². The summed E-state index contributed by atoms with van der Waals surface area (Å²) in [5.41, 5.74) is 1.11. The molecule has 0 aliphatic heterocycles. The molecule has 88 valence electrons. The van der Waals surface area contributed by atoms with Crippen molar-refractivity contribution in [1.82, 2.24) is 0 Å². The first-order chi connectivity index (χ1) is 7.47. The fourth-order valence-corrected chi connectivity index (χ4v) is 2.12. The molecule has 1 rings (SSSR count). The van der Waals surface area contributed by atoms with Gasteiger partial charge < -0.3 is 15.2 Å². The van der Waals surface area contributed by atoms with Gasteiger partial charge in [-0.25, -0.2) is 0 Å². The highest BCUT2D eigenvalue weighted by Crippen LogP contribution is 2.37. The van der Waals surface area contributed by atoms with Crippen molar-refractivity contribution in [2.45, 2.75) is 20.0 Å². The Labute approximate surface area is 103 Å². The second-order valence-corrected chi connectivity index (χ2v) is 4.25. The summed E-state index contributed by atoms with van der Waals surface area (Å²) in [7, 11) is 1.51. The Morgan fingerprint density at radius 1 is 1.56 bits per heavy atom. The van der Waals surface area contributed by atoms with E-state index in [0.717, 1.165) is 4.47 Å². The first-order valence-corrected chi connectivity index (χ1v) is 5.58. The summed E-state index contributed by atoms with van der Waals surface area (Å²) < 4.78 is 5.87. The van der Waals surface area contributed by atoms with Gasteiger partial charge in [0, 0.05) is 17.0 Å². The Kier molecular flexibility index (Phi) is 4.32. The van der Waals surface area contributed by atoms with E-state index in [4.69, 9.17) is 4.74 Å². The molecular weight excluding hydrogens is 274 g/mol. The van der Waals surface area contributed by atoms with Gasteiger partial charge in [0.25, 0.3) is 0 Å². The quantitative estimate of drug-likeness (QED) is 0.898. The van der Waals surface area contributed by atoms with Crippen LogP contribution in [-0.4, -0.2) is 18.1 Å². The topological polar surface area (TPSA) is 58.6 Å². The number of anilines is 1. The van der Waals surface area contributed by atoms with Crippen molar-refractivity contribution >= 4 is 27.5 Å². The van der Waals surface area contributed by atoms with Crippen LogP contribution in [0.15, 0.2) is 16.6 Å². The fourth-order valence-electron chi connectivity index (χ4n) is 1.46. The Balaban J connectivity index is 3.36. The van der Waals surface area contributed by atoms with Crippen LogP contribution in [0, 0.1) is 0 Å². The van der Waals surface area contributed by atoms with Gasteiger partial charge >= 0.3 is 0 Å². The fraction of sp³-hybridized carbons (Fsp3) is 0.364.